The molecule has 1 saturated carbocycles. The van der Waals surface area contributed by atoms with Crippen molar-refractivity contribution in [2.45, 2.75) is 63.7 Å². The van der Waals surface area contributed by atoms with Gasteiger partial charge in [-0.2, -0.15) is 4.98 Å². The van der Waals surface area contributed by atoms with Crippen molar-refractivity contribution in [3.63, 3.8) is 0 Å². The maximum absolute atomic E-state index is 10.7. The first-order valence-corrected chi connectivity index (χ1v) is 11.6. The molecule has 1 aromatic heterocycles. The van der Waals surface area contributed by atoms with E-state index in [-0.39, 0.29) is 23.6 Å². The molecule has 0 unspecified atom stereocenters. The van der Waals surface area contributed by atoms with Gasteiger partial charge in [0.2, 0.25) is 0 Å². The fourth-order valence-electron chi connectivity index (χ4n) is 4.04. The number of carbonyl (C=O) groups is 1. The summed E-state index contributed by atoms with van der Waals surface area (Å²) in [5.74, 6) is 1.39. The predicted molar refractivity (Wildman–Crippen MR) is 131 cm³/mol. The van der Waals surface area contributed by atoms with Gasteiger partial charge in [0.15, 0.2) is 0 Å². The summed E-state index contributed by atoms with van der Waals surface area (Å²) in [5, 5.41) is 21.4. The lowest BCUT2D eigenvalue weighted by Gasteiger charge is -2.35. The van der Waals surface area contributed by atoms with Crippen LogP contribution in [0.3, 0.4) is 0 Å². The second kappa shape index (κ2) is 9.54. The lowest BCUT2D eigenvalue weighted by Crippen LogP contribution is -2.48. The molecule has 1 heterocycles. The average Bonchev–Trinajstić information content (AvgIpc) is 2.78. The number of benzene rings is 2. The number of ether oxygens (including phenoxy) is 2. The van der Waals surface area contributed by atoms with Gasteiger partial charge in [-0.3, -0.25) is 0 Å². The fourth-order valence-corrected chi connectivity index (χ4v) is 4.04. The first-order chi connectivity index (χ1) is 16.5. The summed E-state index contributed by atoms with van der Waals surface area (Å²) in [6, 6.07) is 17.6. The molecule has 184 valence electrons. The quantitative estimate of drug-likeness (QED) is 0.418. The maximum Gasteiger partial charge on any atom is 0.404 e. The number of aliphatic hydroxyl groups is 1. The van der Waals surface area contributed by atoms with Gasteiger partial charge >= 0.3 is 12.1 Å². The topological polar surface area (TPSA) is 114 Å². The number of rotatable bonds is 8. The molecule has 2 aromatic carbocycles. The van der Waals surface area contributed by atoms with E-state index in [1.54, 1.807) is 26.1 Å². The molecule has 0 atom stereocenters. The van der Waals surface area contributed by atoms with Gasteiger partial charge in [-0.05, 0) is 55.3 Å². The normalized spacial score (nSPS) is 17.9. The maximum atomic E-state index is 10.7. The first kappa shape index (κ1) is 24.5. The Labute approximate surface area is 205 Å². The van der Waals surface area contributed by atoms with Crippen molar-refractivity contribution in [1.29, 1.82) is 0 Å². The first-order valence-electron chi connectivity index (χ1n) is 11.6. The third kappa shape index (κ3) is 5.89. The smallest absolute Gasteiger partial charge is 0.404 e. The van der Waals surface area contributed by atoms with Crippen molar-refractivity contribution in [3.8, 4) is 17.5 Å². The van der Waals surface area contributed by atoms with E-state index in [1.165, 1.54) is 0 Å². The molecule has 0 radical (unpaired) electrons. The number of nitrogens with one attached hydrogen (secondary N) is 1. The summed E-state index contributed by atoms with van der Waals surface area (Å²) in [6.07, 6.45) is 1.97. The monoisotopic (exact) mass is 477 g/mol. The lowest BCUT2D eigenvalue weighted by molar-refractivity contribution is 0.0730. The van der Waals surface area contributed by atoms with Crippen molar-refractivity contribution in [3.05, 3.63) is 77.6 Å². The average molecular weight is 478 g/mol. The van der Waals surface area contributed by atoms with Crippen LogP contribution in [-0.4, -0.2) is 38.4 Å². The van der Waals surface area contributed by atoms with Crippen LogP contribution in [0, 0.1) is 0 Å². The van der Waals surface area contributed by atoms with Crippen molar-refractivity contribution in [2.24, 2.45) is 0 Å². The van der Waals surface area contributed by atoms with Gasteiger partial charge in [0.1, 0.15) is 23.2 Å². The largest absolute Gasteiger partial charge is 0.490 e. The van der Waals surface area contributed by atoms with Gasteiger partial charge in [0.05, 0.1) is 5.69 Å². The van der Waals surface area contributed by atoms with E-state index in [0.29, 0.717) is 24.3 Å². The van der Waals surface area contributed by atoms with Gasteiger partial charge in [-0.25, -0.2) is 9.78 Å². The van der Waals surface area contributed by atoms with E-state index < -0.39 is 11.7 Å². The van der Waals surface area contributed by atoms with Crippen LogP contribution >= 0.6 is 0 Å². The van der Waals surface area contributed by atoms with Crippen molar-refractivity contribution in [1.82, 2.24) is 15.3 Å². The molecule has 1 amide bonds. The molecular weight excluding hydrogens is 446 g/mol. The zero-order valence-corrected chi connectivity index (χ0v) is 20.4. The molecular formula is C27H31N3O5. The highest BCUT2D eigenvalue weighted by Crippen LogP contribution is 2.34. The molecule has 3 N–H and O–H groups in total. The highest BCUT2D eigenvalue weighted by Gasteiger charge is 2.32. The van der Waals surface area contributed by atoms with Gasteiger partial charge in [0, 0.05) is 30.5 Å². The standard InChI is InChI=1S/C27H31N3O5/c1-26(2,17-5-9-20(10-6-17)34-22-15-19(16-22)29-25(31)32)18-7-11-21(12-8-18)35-24-28-14-13-23(30-24)27(3,4)33/h5-14,19,22,29,33H,15-16H2,1-4H3,(H,31,32)/t19-,22-. The molecule has 3 aromatic rings. The second-order valence-corrected chi connectivity index (χ2v) is 9.92. The summed E-state index contributed by atoms with van der Waals surface area (Å²) in [4.78, 5) is 19.1. The number of hydrogen-bond acceptors (Lipinski definition) is 6. The molecule has 1 aliphatic rings. The van der Waals surface area contributed by atoms with Gasteiger partial charge in [-0.1, -0.05) is 38.1 Å². The molecule has 0 aliphatic heterocycles. The third-order valence-corrected chi connectivity index (χ3v) is 6.35. The Balaban J connectivity index is 1.38. The summed E-state index contributed by atoms with van der Waals surface area (Å²) < 4.78 is 11.8. The Bertz CT molecular complexity index is 1160. The Kier molecular flexibility index (Phi) is 6.67. The Morgan fingerprint density at radius 1 is 0.943 bits per heavy atom. The Morgan fingerprint density at radius 2 is 1.51 bits per heavy atom. The summed E-state index contributed by atoms with van der Waals surface area (Å²) in [6.45, 7) is 7.64. The second-order valence-electron chi connectivity index (χ2n) is 9.92. The van der Waals surface area contributed by atoms with E-state index in [4.69, 9.17) is 14.6 Å². The molecule has 8 heteroatoms. The number of nitrogens with zero attached hydrogens (tertiary/aromatic N) is 2. The molecule has 1 fully saturated rings. The molecule has 0 saturated heterocycles. The Hall–Kier alpha value is -3.65. The minimum Gasteiger partial charge on any atom is -0.490 e. The van der Waals surface area contributed by atoms with Crippen LogP contribution in [0.25, 0.3) is 0 Å². The van der Waals surface area contributed by atoms with E-state index in [1.807, 2.05) is 36.4 Å². The number of aromatic nitrogens is 2. The number of amides is 1. The van der Waals surface area contributed by atoms with Crippen LogP contribution in [-0.2, 0) is 11.0 Å². The molecule has 4 rings (SSSR count). The van der Waals surface area contributed by atoms with Crippen LogP contribution in [0.2, 0.25) is 0 Å². The molecule has 8 nitrogen and oxygen atoms in total. The van der Waals surface area contributed by atoms with Crippen molar-refractivity contribution >= 4 is 6.09 Å². The molecule has 1 aliphatic carbocycles. The van der Waals surface area contributed by atoms with Crippen LogP contribution in [0.5, 0.6) is 17.5 Å². The third-order valence-electron chi connectivity index (χ3n) is 6.35. The SMILES string of the molecule is CC(C)(O)c1ccnc(Oc2ccc(C(C)(C)c3ccc(O[C@H]4C[C@H](NC(=O)O)C4)cc3)cc2)n1. The fraction of sp³-hybridized carbons (Fsp3) is 0.370. The zero-order valence-electron chi connectivity index (χ0n) is 20.4. The lowest BCUT2D eigenvalue weighted by atomic mass is 9.78. The van der Waals surface area contributed by atoms with E-state index in [2.05, 4.69) is 41.3 Å². The zero-order chi connectivity index (χ0) is 25.2. The van der Waals surface area contributed by atoms with Crippen LogP contribution < -0.4 is 14.8 Å². The van der Waals surface area contributed by atoms with Crippen LogP contribution in [0.15, 0.2) is 60.8 Å². The summed E-state index contributed by atoms with van der Waals surface area (Å²) in [7, 11) is 0. The highest BCUT2D eigenvalue weighted by atomic mass is 16.5. The minimum absolute atomic E-state index is 0.0281. The van der Waals surface area contributed by atoms with Crippen LogP contribution in [0.4, 0.5) is 4.79 Å². The molecule has 0 spiro atoms. The molecule has 35 heavy (non-hydrogen) atoms. The minimum atomic E-state index is -1.08. The number of hydrogen-bond donors (Lipinski definition) is 3. The van der Waals surface area contributed by atoms with Gasteiger partial charge in [-0.15, -0.1) is 0 Å². The summed E-state index contributed by atoms with van der Waals surface area (Å²) in [5.41, 5.74) is 1.42. The summed E-state index contributed by atoms with van der Waals surface area (Å²) >= 11 is 0. The highest BCUT2D eigenvalue weighted by molar-refractivity contribution is 5.65. The number of carboxylic acid groups (broad SMARTS) is 1. The van der Waals surface area contributed by atoms with Crippen molar-refractivity contribution < 1.29 is 24.5 Å². The molecule has 0 bridgehead atoms. The Morgan fingerprint density at radius 3 is 2.06 bits per heavy atom. The van der Waals surface area contributed by atoms with E-state index in [0.717, 1.165) is 16.9 Å². The van der Waals surface area contributed by atoms with Crippen molar-refractivity contribution in [2.75, 3.05) is 0 Å². The van der Waals surface area contributed by atoms with E-state index in [9.17, 15) is 9.90 Å². The van der Waals surface area contributed by atoms with Crippen LogP contribution in [0.1, 0.15) is 57.4 Å². The van der Waals surface area contributed by atoms with Gasteiger partial charge in [0.25, 0.3) is 0 Å². The van der Waals surface area contributed by atoms with E-state index >= 15 is 0 Å². The van der Waals surface area contributed by atoms with Gasteiger partial charge < -0.3 is 25.0 Å². The predicted octanol–water partition coefficient (Wildman–Crippen LogP) is 5.00.